The zero-order valence-electron chi connectivity index (χ0n) is 16.7. The van der Waals surface area contributed by atoms with Crippen molar-refractivity contribution in [2.75, 3.05) is 18.0 Å². The molecular weight excluding hydrogens is 446 g/mol. The molecule has 0 saturated carbocycles. The molecule has 3 aromatic rings. The van der Waals surface area contributed by atoms with Gasteiger partial charge in [0.1, 0.15) is 9.96 Å². The summed E-state index contributed by atoms with van der Waals surface area (Å²) >= 11 is 1.13. The Kier molecular flexibility index (Phi) is 6.91. The van der Waals surface area contributed by atoms with Crippen LogP contribution in [0.3, 0.4) is 0 Å². The fourth-order valence-electron chi connectivity index (χ4n) is 2.73. The van der Waals surface area contributed by atoms with Crippen molar-refractivity contribution >= 4 is 33.0 Å². The molecule has 2 aromatic carbocycles. The molecule has 0 fully saturated rings. The van der Waals surface area contributed by atoms with Crippen LogP contribution in [-0.4, -0.2) is 28.0 Å². The van der Waals surface area contributed by atoms with Crippen LogP contribution in [0.25, 0.3) is 0 Å². The lowest BCUT2D eigenvalue weighted by atomic mass is 10.1. The van der Waals surface area contributed by atoms with Crippen LogP contribution in [0.1, 0.15) is 18.5 Å². The first-order valence-electron chi connectivity index (χ1n) is 9.18. The van der Waals surface area contributed by atoms with Crippen molar-refractivity contribution in [1.82, 2.24) is 5.32 Å². The van der Waals surface area contributed by atoms with Crippen molar-refractivity contribution in [2.24, 2.45) is 0 Å². The summed E-state index contributed by atoms with van der Waals surface area (Å²) in [6.07, 6.45) is 0. The van der Waals surface area contributed by atoms with Crippen LogP contribution in [0.4, 0.5) is 14.5 Å². The molecule has 1 heterocycles. The molecule has 6 nitrogen and oxygen atoms in total. The number of carbonyl (C=O) groups excluding carboxylic acids is 1. The van der Waals surface area contributed by atoms with Gasteiger partial charge in [0.05, 0.1) is 11.7 Å². The maximum atomic E-state index is 13.3. The van der Waals surface area contributed by atoms with E-state index in [0.29, 0.717) is 17.0 Å². The van der Waals surface area contributed by atoms with E-state index in [4.69, 9.17) is 4.74 Å². The molecule has 164 valence electrons. The zero-order valence-corrected chi connectivity index (χ0v) is 18.3. The third-order valence-corrected chi connectivity index (χ3v) is 7.66. The molecule has 1 amide bonds. The summed E-state index contributed by atoms with van der Waals surface area (Å²) in [5, 5.41) is 4.33. The number of nitrogens with one attached hydrogen (secondary N) is 1. The van der Waals surface area contributed by atoms with E-state index >= 15 is 0 Å². The largest absolute Gasteiger partial charge is 0.484 e. The van der Waals surface area contributed by atoms with Crippen molar-refractivity contribution in [3.8, 4) is 5.75 Å². The molecule has 0 saturated heterocycles. The van der Waals surface area contributed by atoms with Crippen molar-refractivity contribution in [3.63, 3.8) is 0 Å². The number of amides is 1. The van der Waals surface area contributed by atoms with Gasteiger partial charge < -0.3 is 10.1 Å². The van der Waals surface area contributed by atoms with Gasteiger partial charge in [-0.15, -0.1) is 11.3 Å². The monoisotopic (exact) mass is 466 g/mol. The number of carbonyl (C=O) groups is 1. The molecule has 31 heavy (non-hydrogen) atoms. The van der Waals surface area contributed by atoms with Crippen molar-refractivity contribution in [2.45, 2.75) is 17.2 Å². The van der Waals surface area contributed by atoms with Crippen LogP contribution in [-0.2, 0) is 14.8 Å². The van der Waals surface area contributed by atoms with Crippen molar-refractivity contribution < 1.29 is 26.7 Å². The van der Waals surface area contributed by atoms with E-state index in [1.165, 1.54) is 23.5 Å². The van der Waals surface area contributed by atoms with Crippen LogP contribution in [0.2, 0.25) is 0 Å². The van der Waals surface area contributed by atoms with Gasteiger partial charge in [-0.2, -0.15) is 0 Å². The number of ether oxygens (including phenoxy) is 1. The highest BCUT2D eigenvalue weighted by Crippen LogP contribution is 2.26. The second-order valence-corrected chi connectivity index (χ2v) is 9.79. The maximum Gasteiger partial charge on any atom is 0.273 e. The van der Waals surface area contributed by atoms with E-state index in [1.54, 1.807) is 42.6 Å². The van der Waals surface area contributed by atoms with Crippen LogP contribution in [0.15, 0.2) is 64.2 Å². The number of rotatable bonds is 8. The number of nitrogens with zero attached hydrogens (tertiary/aromatic N) is 1. The molecule has 3 rings (SSSR count). The third-order valence-electron chi connectivity index (χ3n) is 4.50. The predicted molar refractivity (Wildman–Crippen MR) is 115 cm³/mol. The number of sulfonamides is 1. The summed E-state index contributed by atoms with van der Waals surface area (Å²) in [5.74, 6) is -2.01. The Morgan fingerprint density at radius 1 is 1.13 bits per heavy atom. The SMILES string of the molecule is CC(NC(=O)COc1ccc(N(C)S(=O)(=O)c2cccs2)cc1)c1ccc(F)c(F)c1. The van der Waals surface area contributed by atoms with Crippen LogP contribution < -0.4 is 14.4 Å². The molecule has 1 N–H and O–H groups in total. The normalized spacial score (nSPS) is 12.3. The van der Waals surface area contributed by atoms with Gasteiger partial charge in [-0.05, 0) is 60.3 Å². The number of benzene rings is 2. The highest BCUT2D eigenvalue weighted by molar-refractivity contribution is 7.94. The first-order chi connectivity index (χ1) is 14.7. The van der Waals surface area contributed by atoms with E-state index in [9.17, 15) is 22.0 Å². The lowest BCUT2D eigenvalue weighted by Gasteiger charge is -2.19. The highest BCUT2D eigenvalue weighted by Gasteiger charge is 2.22. The second kappa shape index (κ2) is 9.44. The zero-order chi connectivity index (χ0) is 22.6. The Balaban J connectivity index is 1.56. The summed E-state index contributed by atoms with van der Waals surface area (Å²) in [6, 6.07) is 12.3. The van der Waals surface area contributed by atoms with E-state index in [0.717, 1.165) is 23.5 Å². The Bertz CT molecular complexity index is 1150. The van der Waals surface area contributed by atoms with Gasteiger partial charge in [0, 0.05) is 7.05 Å². The fourth-order valence-corrected chi connectivity index (χ4v) is 5.09. The molecule has 10 heteroatoms. The van der Waals surface area contributed by atoms with Crippen LogP contribution in [0.5, 0.6) is 5.75 Å². The summed E-state index contributed by atoms with van der Waals surface area (Å²) < 4.78 is 58.3. The molecule has 0 aliphatic heterocycles. The Hall–Kier alpha value is -2.98. The lowest BCUT2D eigenvalue weighted by molar-refractivity contribution is -0.123. The fraction of sp³-hybridized carbons (Fsp3) is 0.190. The van der Waals surface area contributed by atoms with E-state index in [2.05, 4.69) is 5.32 Å². The predicted octanol–water partition coefficient (Wildman–Crippen LogP) is 4.11. The molecule has 1 atom stereocenters. The number of hydrogen-bond acceptors (Lipinski definition) is 5. The quantitative estimate of drug-likeness (QED) is 0.542. The van der Waals surface area contributed by atoms with Crippen LogP contribution >= 0.6 is 11.3 Å². The topological polar surface area (TPSA) is 75.7 Å². The van der Waals surface area contributed by atoms with Gasteiger partial charge in [-0.3, -0.25) is 9.10 Å². The first kappa shape index (κ1) is 22.7. The third kappa shape index (κ3) is 5.39. The Morgan fingerprint density at radius 3 is 2.45 bits per heavy atom. The summed E-state index contributed by atoms with van der Waals surface area (Å²) in [4.78, 5) is 12.1. The van der Waals surface area contributed by atoms with Gasteiger partial charge in [0.2, 0.25) is 0 Å². The molecule has 0 radical (unpaired) electrons. The van der Waals surface area contributed by atoms with Gasteiger partial charge in [0.15, 0.2) is 18.2 Å². The number of anilines is 1. The number of hydrogen-bond donors (Lipinski definition) is 1. The molecular formula is C21H20F2N2O4S2. The molecule has 1 aromatic heterocycles. The summed E-state index contributed by atoms with van der Waals surface area (Å²) in [7, 11) is -2.18. The van der Waals surface area contributed by atoms with E-state index in [1.807, 2.05) is 0 Å². The number of halogens is 2. The van der Waals surface area contributed by atoms with Gasteiger partial charge in [-0.1, -0.05) is 12.1 Å². The molecule has 0 bridgehead atoms. The van der Waals surface area contributed by atoms with Gasteiger partial charge in [0.25, 0.3) is 15.9 Å². The Labute approximate surface area is 183 Å². The molecule has 0 spiro atoms. The summed E-state index contributed by atoms with van der Waals surface area (Å²) in [5.41, 5.74) is 0.865. The van der Waals surface area contributed by atoms with Gasteiger partial charge in [-0.25, -0.2) is 17.2 Å². The Morgan fingerprint density at radius 2 is 1.84 bits per heavy atom. The molecule has 1 unspecified atom stereocenters. The average Bonchev–Trinajstić information content (AvgIpc) is 3.30. The first-order valence-corrected chi connectivity index (χ1v) is 11.5. The highest BCUT2D eigenvalue weighted by atomic mass is 32.2. The minimum Gasteiger partial charge on any atom is -0.484 e. The minimum atomic E-state index is -3.64. The minimum absolute atomic E-state index is 0.238. The molecule has 0 aliphatic carbocycles. The standard InChI is InChI=1S/C21H20F2N2O4S2/c1-14(15-5-10-18(22)19(23)12-15)24-20(26)13-29-17-8-6-16(7-9-17)25(2)31(27,28)21-4-3-11-30-21/h3-12,14H,13H2,1-2H3,(H,24,26). The van der Waals surface area contributed by atoms with Crippen molar-refractivity contribution in [3.05, 3.63) is 77.2 Å². The smallest absolute Gasteiger partial charge is 0.273 e. The second-order valence-electron chi connectivity index (χ2n) is 6.65. The average molecular weight is 467 g/mol. The lowest BCUT2D eigenvalue weighted by Crippen LogP contribution is -2.31. The maximum absolute atomic E-state index is 13.3. The number of thiophene rings is 1. The van der Waals surface area contributed by atoms with E-state index in [-0.39, 0.29) is 10.8 Å². The summed E-state index contributed by atoms with van der Waals surface area (Å²) in [6.45, 7) is 1.35. The molecule has 0 aliphatic rings. The van der Waals surface area contributed by atoms with Crippen LogP contribution in [0, 0.1) is 11.6 Å². The van der Waals surface area contributed by atoms with E-state index < -0.39 is 33.6 Å². The van der Waals surface area contributed by atoms with Gasteiger partial charge >= 0.3 is 0 Å². The van der Waals surface area contributed by atoms with Crippen molar-refractivity contribution in [1.29, 1.82) is 0 Å².